The molecule has 2 heterocycles. The van der Waals surface area contributed by atoms with Gasteiger partial charge in [-0.3, -0.25) is 14.6 Å². The van der Waals surface area contributed by atoms with E-state index in [9.17, 15) is 14.7 Å². The summed E-state index contributed by atoms with van der Waals surface area (Å²) >= 11 is 0. The maximum absolute atomic E-state index is 12.6. The highest BCUT2D eigenvalue weighted by atomic mass is 16.6. The molecule has 0 aliphatic carbocycles. The van der Waals surface area contributed by atoms with Crippen LogP contribution < -0.4 is 0 Å². The molecule has 2 amide bonds. The number of nitrogens with zero attached hydrogens (tertiary/aromatic N) is 3. The highest BCUT2D eigenvalue weighted by Crippen LogP contribution is 2.19. The van der Waals surface area contributed by atoms with Crippen molar-refractivity contribution in [3.8, 4) is 0 Å². The molecule has 0 radical (unpaired) electrons. The normalized spacial score (nSPS) is 25.6. The third-order valence-electron chi connectivity index (χ3n) is 4.96. The number of aliphatic hydroxyl groups is 1. The molecule has 2 atom stereocenters. The average molecular weight is 355 g/mol. The first kappa shape index (κ1) is 20.0. The standard InChI is InChI=1S/C18H33N3O4/c1-14-16(23)20(10-6-9-19-8-5-7-15(19)13-22)11-12-21(14)17(24)25-18(2,3)4/h14-15,22H,5-13H2,1-4H3/t14?,15-/m0/s1. The van der Waals surface area contributed by atoms with Gasteiger partial charge >= 0.3 is 6.09 Å². The van der Waals surface area contributed by atoms with E-state index in [1.54, 1.807) is 6.92 Å². The van der Waals surface area contributed by atoms with Crippen molar-refractivity contribution in [3.05, 3.63) is 0 Å². The molecule has 1 N–H and O–H groups in total. The number of hydrogen-bond donors (Lipinski definition) is 1. The van der Waals surface area contributed by atoms with Crippen LogP contribution in [0.3, 0.4) is 0 Å². The summed E-state index contributed by atoms with van der Waals surface area (Å²) in [6.45, 7) is 11.1. The zero-order chi connectivity index (χ0) is 18.6. The van der Waals surface area contributed by atoms with E-state index in [2.05, 4.69) is 4.90 Å². The van der Waals surface area contributed by atoms with E-state index < -0.39 is 17.7 Å². The molecule has 0 bridgehead atoms. The maximum Gasteiger partial charge on any atom is 0.411 e. The second kappa shape index (κ2) is 8.36. The maximum atomic E-state index is 12.6. The average Bonchev–Trinajstić information content (AvgIpc) is 2.97. The zero-order valence-corrected chi connectivity index (χ0v) is 16.0. The van der Waals surface area contributed by atoms with Crippen LogP contribution in [0, 0.1) is 0 Å². The van der Waals surface area contributed by atoms with Gasteiger partial charge in [-0.1, -0.05) is 0 Å². The minimum Gasteiger partial charge on any atom is -0.444 e. The first-order valence-electron chi connectivity index (χ1n) is 9.36. The number of piperazine rings is 1. The fourth-order valence-electron chi connectivity index (χ4n) is 3.58. The van der Waals surface area contributed by atoms with E-state index in [0.717, 1.165) is 32.4 Å². The summed E-state index contributed by atoms with van der Waals surface area (Å²) in [5.41, 5.74) is -0.560. The molecular formula is C18H33N3O4. The summed E-state index contributed by atoms with van der Waals surface area (Å²) in [6.07, 6.45) is 2.66. The highest BCUT2D eigenvalue weighted by molar-refractivity contribution is 5.86. The van der Waals surface area contributed by atoms with Crippen molar-refractivity contribution in [2.75, 3.05) is 39.3 Å². The lowest BCUT2D eigenvalue weighted by Gasteiger charge is -2.39. The molecule has 25 heavy (non-hydrogen) atoms. The molecule has 0 aromatic heterocycles. The number of carbonyl (C=O) groups is 2. The Morgan fingerprint density at radius 2 is 1.96 bits per heavy atom. The Kier molecular flexibility index (Phi) is 6.68. The predicted molar refractivity (Wildman–Crippen MR) is 95.3 cm³/mol. The summed E-state index contributed by atoms with van der Waals surface area (Å²) in [6, 6.07) is -0.209. The van der Waals surface area contributed by atoms with Crippen molar-refractivity contribution in [1.29, 1.82) is 0 Å². The molecule has 1 unspecified atom stereocenters. The largest absolute Gasteiger partial charge is 0.444 e. The van der Waals surface area contributed by atoms with Crippen LogP contribution >= 0.6 is 0 Å². The van der Waals surface area contributed by atoms with Gasteiger partial charge in [0.25, 0.3) is 0 Å². The van der Waals surface area contributed by atoms with Gasteiger partial charge < -0.3 is 14.7 Å². The number of carbonyl (C=O) groups excluding carboxylic acids is 2. The third-order valence-corrected chi connectivity index (χ3v) is 4.96. The minimum atomic E-state index is -0.560. The summed E-state index contributed by atoms with van der Waals surface area (Å²) < 4.78 is 5.39. The Labute approximate surface area is 150 Å². The van der Waals surface area contributed by atoms with E-state index in [1.165, 1.54) is 4.90 Å². The fraction of sp³-hybridized carbons (Fsp3) is 0.889. The van der Waals surface area contributed by atoms with Crippen LogP contribution in [-0.4, -0.2) is 88.8 Å². The molecule has 0 aromatic rings. The van der Waals surface area contributed by atoms with Crippen molar-refractivity contribution >= 4 is 12.0 Å². The van der Waals surface area contributed by atoms with Gasteiger partial charge in [-0.05, 0) is 53.5 Å². The number of likely N-dealkylation sites (tertiary alicyclic amines) is 1. The lowest BCUT2D eigenvalue weighted by atomic mass is 10.1. The second-order valence-corrected chi connectivity index (χ2v) is 8.04. The van der Waals surface area contributed by atoms with Gasteiger partial charge in [0.2, 0.25) is 5.91 Å². The van der Waals surface area contributed by atoms with Crippen LogP contribution in [0.15, 0.2) is 0 Å². The van der Waals surface area contributed by atoms with Crippen LogP contribution in [0.25, 0.3) is 0 Å². The van der Waals surface area contributed by atoms with Crippen molar-refractivity contribution in [3.63, 3.8) is 0 Å². The van der Waals surface area contributed by atoms with E-state index in [1.807, 2.05) is 25.7 Å². The molecule has 2 aliphatic heterocycles. The molecule has 144 valence electrons. The summed E-state index contributed by atoms with van der Waals surface area (Å²) in [5, 5.41) is 9.37. The SMILES string of the molecule is CC1C(=O)N(CCCN2CCC[C@H]2CO)CCN1C(=O)OC(C)(C)C. The topological polar surface area (TPSA) is 73.3 Å². The van der Waals surface area contributed by atoms with E-state index >= 15 is 0 Å². The molecule has 7 heteroatoms. The van der Waals surface area contributed by atoms with Crippen molar-refractivity contribution in [2.45, 2.75) is 64.6 Å². The van der Waals surface area contributed by atoms with Crippen molar-refractivity contribution in [1.82, 2.24) is 14.7 Å². The van der Waals surface area contributed by atoms with Crippen LogP contribution in [0.5, 0.6) is 0 Å². The summed E-state index contributed by atoms with van der Waals surface area (Å²) in [4.78, 5) is 30.5. The van der Waals surface area contributed by atoms with E-state index in [4.69, 9.17) is 4.74 Å². The van der Waals surface area contributed by atoms with Crippen LogP contribution in [0.2, 0.25) is 0 Å². The molecule has 0 aromatic carbocycles. The summed E-state index contributed by atoms with van der Waals surface area (Å²) in [5.74, 6) is -0.0164. The van der Waals surface area contributed by atoms with Gasteiger partial charge in [-0.25, -0.2) is 4.79 Å². The third kappa shape index (κ3) is 5.31. The number of rotatable bonds is 5. The van der Waals surface area contributed by atoms with Crippen LogP contribution in [0.1, 0.15) is 47.0 Å². The Morgan fingerprint density at radius 1 is 1.24 bits per heavy atom. The monoisotopic (exact) mass is 355 g/mol. The second-order valence-electron chi connectivity index (χ2n) is 8.04. The van der Waals surface area contributed by atoms with Gasteiger partial charge in [0.15, 0.2) is 0 Å². The van der Waals surface area contributed by atoms with Crippen molar-refractivity contribution in [2.24, 2.45) is 0 Å². The molecule has 0 spiro atoms. The van der Waals surface area contributed by atoms with Crippen molar-refractivity contribution < 1.29 is 19.4 Å². The molecule has 0 saturated carbocycles. The fourth-order valence-corrected chi connectivity index (χ4v) is 3.58. The first-order chi connectivity index (χ1) is 11.7. The smallest absolute Gasteiger partial charge is 0.411 e. The highest BCUT2D eigenvalue weighted by Gasteiger charge is 2.36. The minimum absolute atomic E-state index is 0.0164. The van der Waals surface area contributed by atoms with Gasteiger partial charge in [0.05, 0.1) is 6.61 Å². The molecule has 2 saturated heterocycles. The van der Waals surface area contributed by atoms with E-state index in [-0.39, 0.29) is 18.6 Å². The number of amides is 2. The molecule has 2 fully saturated rings. The zero-order valence-electron chi connectivity index (χ0n) is 16.0. The molecule has 2 rings (SSSR count). The Bertz CT molecular complexity index is 477. The molecular weight excluding hydrogens is 322 g/mol. The van der Waals surface area contributed by atoms with Gasteiger partial charge in [0, 0.05) is 32.2 Å². The van der Waals surface area contributed by atoms with Gasteiger partial charge in [-0.2, -0.15) is 0 Å². The quantitative estimate of drug-likeness (QED) is 0.805. The Balaban J connectivity index is 1.80. The lowest BCUT2D eigenvalue weighted by molar-refractivity contribution is -0.140. The Hall–Kier alpha value is -1.34. The van der Waals surface area contributed by atoms with Crippen LogP contribution in [0.4, 0.5) is 4.79 Å². The lowest BCUT2D eigenvalue weighted by Crippen LogP contribution is -2.58. The number of aliphatic hydroxyl groups excluding tert-OH is 1. The number of ether oxygens (including phenoxy) is 1. The molecule has 7 nitrogen and oxygen atoms in total. The number of hydrogen-bond acceptors (Lipinski definition) is 5. The van der Waals surface area contributed by atoms with Gasteiger partial charge in [0.1, 0.15) is 11.6 Å². The Morgan fingerprint density at radius 3 is 2.60 bits per heavy atom. The predicted octanol–water partition coefficient (Wildman–Crippen LogP) is 1.30. The van der Waals surface area contributed by atoms with Gasteiger partial charge in [-0.15, -0.1) is 0 Å². The van der Waals surface area contributed by atoms with Crippen LogP contribution in [-0.2, 0) is 9.53 Å². The van der Waals surface area contributed by atoms with E-state index in [0.29, 0.717) is 19.6 Å². The first-order valence-corrected chi connectivity index (χ1v) is 9.36. The molecule has 2 aliphatic rings. The summed E-state index contributed by atoms with van der Waals surface area (Å²) in [7, 11) is 0.